The number of piperazine rings is 1. The molecule has 0 radical (unpaired) electrons. The van der Waals surface area contributed by atoms with Gasteiger partial charge in [-0.15, -0.1) is 0 Å². The molecule has 4 aromatic rings. The molecule has 37 heavy (non-hydrogen) atoms. The Bertz CT molecular complexity index is 1400. The highest BCUT2D eigenvalue weighted by molar-refractivity contribution is 5.83. The zero-order valence-electron chi connectivity index (χ0n) is 20.7. The molecule has 1 aliphatic heterocycles. The lowest BCUT2D eigenvalue weighted by atomic mass is 10.0. The second-order valence-electron chi connectivity index (χ2n) is 9.57. The normalized spacial score (nSPS) is 15.6. The molecule has 1 aromatic carbocycles. The van der Waals surface area contributed by atoms with Crippen molar-refractivity contribution >= 4 is 16.9 Å². The van der Waals surface area contributed by atoms with E-state index in [0.717, 1.165) is 6.07 Å². The van der Waals surface area contributed by atoms with Gasteiger partial charge < -0.3 is 10.0 Å². The Kier molecular flexibility index (Phi) is 7.07. The van der Waals surface area contributed by atoms with E-state index in [9.17, 15) is 18.3 Å². The molecule has 194 valence electrons. The maximum atomic E-state index is 14.2. The summed E-state index contributed by atoms with van der Waals surface area (Å²) in [4.78, 5) is 18.3. The number of aliphatic hydroxyl groups is 1. The molecule has 1 unspecified atom stereocenters. The predicted octanol–water partition coefficient (Wildman–Crippen LogP) is 4.11. The maximum Gasteiger partial charge on any atom is 0.181 e. The van der Waals surface area contributed by atoms with Crippen molar-refractivity contribution in [1.29, 1.82) is 0 Å². The second kappa shape index (κ2) is 10.4. The van der Waals surface area contributed by atoms with Crippen LogP contribution in [0.5, 0.6) is 0 Å². The lowest BCUT2D eigenvalue weighted by molar-refractivity contribution is 0.122. The number of anilines is 1. The van der Waals surface area contributed by atoms with Crippen LogP contribution in [0.1, 0.15) is 31.2 Å². The molecule has 1 fully saturated rings. The average molecular weight is 512 g/mol. The van der Waals surface area contributed by atoms with Crippen molar-refractivity contribution in [3.8, 4) is 11.3 Å². The zero-order chi connectivity index (χ0) is 26.1. The van der Waals surface area contributed by atoms with Gasteiger partial charge in [0.1, 0.15) is 22.8 Å². The van der Waals surface area contributed by atoms with Crippen molar-refractivity contribution in [2.24, 2.45) is 5.92 Å². The summed E-state index contributed by atoms with van der Waals surface area (Å²) in [6.45, 7) is 5.90. The van der Waals surface area contributed by atoms with Crippen molar-refractivity contribution in [2.45, 2.75) is 33.3 Å². The van der Waals surface area contributed by atoms with Crippen LogP contribution in [0.4, 0.5) is 19.0 Å². The van der Waals surface area contributed by atoms with E-state index in [1.165, 1.54) is 16.8 Å². The number of hydrogen-bond acceptors (Lipinski definition) is 7. The van der Waals surface area contributed by atoms with Gasteiger partial charge in [0.15, 0.2) is 12.6 Å². The number of fused-ring (bicyclic) bond motifs is 1. The fourth-order valence-corrected chi connectivity index (χ4v) is 4.44. The van der Waals surface area contributed by atoms with Crippen LogP contribution < -0.4 is 4.90 Å². The third-order valence-corrected chi connectivity index (χ3v) is 6.60. The lowest BCUT2D eigenvalue weighted by Gasteiger charge is -2.36. The molecule has 3 aromatic heterocycles. The van der Waals surface area contributed by atoms with Crippen LogP contribution in [0.15, 0.2) is 42.9 Å². The summed E-state index contributed by atoms with van der Waals surface area (Å²) in [5.74, 6) is -0.538. The minimum Gasteiger partial charge on any atom is -0.387 e. The van der Waals surface area contributed by atoms with Gasteiger partial charge in [-0.3, -0.25) is 9.88 Å². The Labute approximate surface area is 212 Å². The Morgan fingerprint density at radius 2 is 1.78 bits per heavy atom. The van der Waals surface area contributed by atoms with Crippen LogP contribution in [0.3, 0.4) is 0 Å². The van der Waals surface area contributed by atoms with Gasteiger partial charge >= 0.3 is 0 Å². The highest BCUT2D eigenvalue weighted by Gasteiger charge is 2.25. The lowest BCUT2D eigenvalue weighted by Crippen LogP contribution is -2.46. The monoisotopic (exact) mass is 511 g/mol. The Morgan fingerprint density at radius 3 is 2.46 bits per heavy atom. The summed E-state index contributed by atoms with van der Waals surface area (Å²) < 4.78 is 41.8. The van der Waals surface area contributed by atoms with Crippen LogP contribution in [-0.4, -0.2) is 60.9 Å². The van der Waals surface area contributed by atoms with Crippen molar-refractivity contribution < 1.29 is 18.3 Å². The van der Waals surface area contributed by atoms with Crippen LogP contribution in [0, 0.1) is 17.6 Å². The summed E-state index contributed by atoms with van der Waals surface area (Å²) in [7, 11) is 0. The number of pyridine rings is 1. The fourth-order valence-electron chi connectivity index (χ4n) is 4.44. The van der Waals surface area contributed by atoms with E-state index in [4.69, 9.17) is 9.97 Å². The number of halogens is 3. The minimum atomic E-state index is -0.757. The molecular formula is C26H28F3N7O. The van der Waals surface area contributed by atoms with E-state index in [0.29, 0.717) is 72.1 Å². The highest BCUT2D eigenvalue weighted by Crippen LogP contribution is 2.31. The summed E-state index contributed by atoms with van der Waals surface area (Å²) in [6.07, 6.45) is 3.99. The van der Waals surface area contributed by atoms with E-state index in [1.807, 2.05) is 13.8 Å². The van der Waals surface area contributed by atoms with E-state index < -0.39 is 24.5 Å². The predicted molar refractivity (Wildman–Crippen MR) is 133 cm³/mol. The van der Waals surface area contributed by atoms with Crippen molar-refractivity contribution in [3.05, 3.63) is 65.7 Å². The molecule has 0 saturated carbocycles. The molecule has 0 aliphatic carbocycles. The summed E-state index contributed by atoms with van der Waals surface area (Å²) in [6, 6.07) is 5.39. The van der Waals surface area contributed by atoms with Gasteiger partial charge in [-0.1, -0.05) is 19.9 Å². The topological polar surface area (TPSA) is 83.2 Å². The van der Waals surface area contributed by atoms with E-state index in [2.05, 4.69) is 19.9 Å². The summed E-state index contributed by atoms with van der Waals surface area (Å²) >= 11 is 0. The number of nitrogens with zero attached hydrogens (tertiary/aromatic N) is 7. The molecule has 0 bridgehead atoms. The Hall–Kier alpha value is -3.57. The van der Waals surface area contributed by atoms with Crippen LogP contribution in [-0.2, 0) is 13.3 Å². The number of alkyl halides is 1. The second-order valence-corrected chi connectivity index (χ2v) is 9.57. The Morgan fingerprint density at radius 1 is 1.00 bits per heavy atom. The first-order valence-corrected chi connectivity index (χ1v) is 12.2. The molecule has 0 amide bonds. The summed E-state index contributed by atoms with van der Waals surface area (Å²) in [5, 5.41) is 14.5. The van der Waals surface area contributed by atoms with Crippen molar-refractivity contribution in [1.82, 2.24) is 29.6 Å². The number of rotatable bonds is 7. The van der Waals surface area contributed by atoms with Crippen molar-refractivity contribution in [3.63, 3.8) is 0 Å². The molecule has 1 aliphatic rings. The van der Waals surface area contributed by atoms with Crippen molar-refractivity contribution in [2.75, 3.05) is 31.1 Å². The number of benzene rings is 1. The zero-order valence-corrected chi connectivity index (χ0v) is 20.7. The summed E-state index contributed by atoms with van der Waals surface area (Å²) in [5.41, 5.74) is 3.30. The van der Waals surface area contributed by atoms with Gasteiger partial charge in [-0.2, -0.15) is 5.10 Å². The van der Waals surface area contributed by atoms with Crippen LogP contribution >= 0.6 is 0 Å². The molecule has 0 spiro atoms. The van der Waals surface area contributed by atoms with Gasteiger partial charge in [-0.25, -0.2) is 27.8 Å². The van der Waals surface area contributed by atoms with Gasteiger partial charge in [0.2, 0.25) is 0 Å². The largest absolute Gasteiger partial charge is 0.387 e. The fraction of sp³-hybridized carbons (Fsp3) is 0.385. The number of aliphatic hydroxyl groups excluding tert-OH is 1. The molecule has 8 nitrogen and oxygen atoms in total. The Balaban J connectivity index is 1.45. The smallest absolute Gasteiger partial charge is 0.181 e. The van der Waals surface area contributed by atoms with Gasteiger partial charge in [-0.05, 0) is 18.1 Å². The molecule has 11 heteroatoms. The standard InChI is InChI=1S/C26H28F3N7O/c1-16(2)25(37)22-10-21-23(12-30-22)32-24(18-11-31-36(14-18)15-27)26(33-21)35-7-5-34(6-8-35)13-17-3-4-19(28)9-20(17)29/h3-4,9-12,14,16,25,37H,5-8,13,15H2,1-2H3. The highest BCUT2D eigenvalue weighted by atomic mass is 19.1. The maximum absolute atomic E-state index is 14.2. The van der Waals surface area contributed by atoms with E-state index in [1.54, 1.807) is 24.7 Å². The quantitative estimate of drug-likeness (QED) is 0.400. The number of hydrogen-bond donors (Lipinski definition) is 1. The first-order valence-electron chi connectivity index (χ1n) is 12.2. The van der Waals surface area contributed by atoms with Gasteiger partial charge in [0, 0.05) is 56.1 Å². The third-order valence-electron chi connectivity index (χ3n) is 6.60. The third kappa shape index (κ3) is 5.28. The van der Waals surface area contributed by atoms with E-state index >= 15 is 0 Å². The molecule has 1 atom stereocenters. The van der Waals surface area contributed by atoms with Gasteiger partial charge in [0.25, 0.3) is 0 Å². The molecule has 4 heterocycles. The molecule has 1 N–H and O–H groups in total. The van der Waals surface area contributed by atoms with Crippen LogP contribution in [0.2, 0.25) is 0 Å². The van der Waals surface area contributed by atoms with Gasteiger partial charge in [0.05, 0.1) is 29.7 Å². The molecular weight excluding hydrogens is 483 g/mol. The SMILES string of the molecule is CC(C)C(O)c1cc2nc(N3CCN(Cc4ccc(F)cc4F)CC3)c(-c3cnn(CF)c3)nc2cn1. The molecule has 1 saturated heterocycles. The number of aromatic nitrogens is 5. The first-order chi connectivity index (χ1) is 17.8. The minimum absolute atomic E-state index is 0.0118. The average Bonchev–Trinajstić information content (AvgIpc) is 3.38. The molecule has 5 rings (SSSR count). The van der Waals surface area contributed by atoms with Crippen LogP contribution in [0.25, 0.3) is 22.3 Å². The van der Waals surface area contributed by atoms with E-state index in [-0.39, 0.29) is 5.92 Å². The first kappa shape index (κ1) is 25.1.